The molecule has 0 radical (unpaired) electrons. The van der Waals surface area contributed by atoms with Gasteiger partial charge in [-0.05, 0) is 14.0 Å². The Hall–Kier alpha value is -1.11. The number of nitrogens with zero attached hydrogens (tertiary/aromatic N) is 3. The Morgan fingerprint density at radius 1 is 1.26 bits per heavy atom. The smallest absolute Gasteiger partial charge is 0.203 e. The van der Waals surface area contributed by atoms with Crippen molar-refractivity contribution in [2.45, 2.75) is 13.5 Å². The number of anilines is 1. The third-order valence-corrected chi connectivity index (χ3v) is 2.89. The van der Waals surface area contributed by atoms with Crippen molar-refractivity contribution in [1.82, 2.24) is 14.5 Å². The van der Waals surface area contributed by atoms with E-state index in [1.807, 2.05) is 6.92 Å². The Morgan fingerprint density at radius 3 is 2.68 bits per heavy atom. The monoisotopic (exact) mass is 270 g/mol. The number of imidazole rings is 1. The van der Waals surface area contributed by atoms with Crippen molar-refractivity contribution in [3.05, 3.63) is 11.9 Å². The number of nitrogens with one attached hydrogen (secondary N) is 1. The van der Waals surface area contributed by atoms with E-state index in [1.165, 1.54) is 0 Å². The summed E-state index contributed by atoms with van der Waals surface area (Å²) in [5.74, 6) is 0.912. The maximum Gasteiger partial charge on any atom is 0.203 e. The normalized spacial score (nSPS) is 11.2. The molecule has 1 rings (SSSR count). The average Bonchev–Trinajstić information content (AvgIpc) is 2.74. The molecule has 0 saturated carbocycles. The predicted molar refractivity (Wildman–Crippen MR) is 76.7 cm³/mol. The molecule has 0 saturated heterocycles. The second-order valence-corrected chi connectivity index (χ2v) is 4.61. The van der Waals surface area contributed by atoms with Gasteiger partial charge in [-0.1, -0.05) is 0 Å². The van der Waals surface area contributed by atoms with E-state index in [2.05, 4.69) is 33.0 Å². The fourth-order valence-electron chi connectivity index (χ4n) is 1.76. The summed E-state index contributed by atoms with van der Waals surface area (Å²) >= 11 is 0. The summed E-state index contributed by atoms with van der Waals surface area (Å²) in [6.45, 7) is 7.04. The van der Waals surface area contributed by atoms with Gasteiger partial charge in [0.1, 0.15) is 0 Å². The van der Waals surface area contributed by atoms with Crippen LogP contribution in [-0.2, 0) is 16.0 Å². The van der Waals surface area contributed by atoms with Crippen LogP contribution in [0.15, 0.2) is 6.20 Å². The Balaban J connectivity index is 2.43. The maximum absolute atomic E-state index is 5.07. The number of aromatic nitrogens is 2. The number of hydrogen-bond donors (Lipinski definition) is 1. The third-order valence-electron chi connectivity index (χ3n) is 2.89. The minimum Gasteiger partial charge on any atom is -0.383 e. The van der Waals surface area contributed by atoms with E-state index >= 15 is 0 Å². The fourth-order valence-corrected chi connectivity index (χ4v) is 1.76. The molecule has 0 fully saturated rings. The van der Waals surface area contributed by atoms with Gasteiger partial charge in [0.25, 0.3) is 0 Å². The summed E-state index contributed by atoms with van der Waals surface area (Å²) in [4.78, 5) is 6.72. The molecule has 1 N–H and O–H groups in total. The molecule has 0 aliphatic carbocycles. The van der Waals surface area contributed by atoms with Crippen LogP contribution in [0, 0.1) is 6.92 Å². The lowest BCUT2D eigenvalue weighted by Crippen LogP contribution is -2.27. The first-order chi connectivity index (χ1) is 9.17. The molecule has 110 valence electrons. The van der Waals surface area contributed by atoms with Gasteiger partial charge in [-0.3, -0.25) is 0 Å². The Bertz CT molecular complexity index is 354. The highest BCUT2D eigenvalue weighted by molar-refractivity contribution is 5.28. The van der Waals surface area contributed by atoms with E-state index in [-0.39, 0.29) is 0 Å². The number of methoxy groups -OCH3 is 2. The highest BCUT2D eigenvalue weighted by atomic mass is 16.5. The Kier molecular flexibility index (Phi) is 7.47. The van der Waals surface area contributed by atoms with Gasteiger partial charge in [0, 0.05) is 46.6 Å². The number of rotatable bonds is 10. The maximum atomic E-state index is 5.07. The molecular weight excluding hydrogens is 244 g/mol. The number of aryl methyl sites for hydroxylation is 1. The van der Waals surface area contributed by atoms with Crippen molar-refractivity contribution in [3.63, 3.8) is 0 Å². The molecule has 0 unspecified atom stereocenters. The van der Waals surface area contributed by atoms with Crippen molar-refractivity contribution in [2.75, 3.05) is 59.4 Å². The minimum atomic E-state index is 0.680. The first kappa shape index (κ1) is 15.9. The first-order valence-electron chi connectivity index (χ1n) is 6.61. The SMILES string of the molecule is COCCNc1nc(C)cn1CCN(C)CCOC. The van der Waals surface area contributed by atoms with Crippen molar-refractivity contribution < 1.29 is 9.47 Å². The summed E-state index contributed by atoms with van der Waals surface area (Å²) in [7, 11) is 5.52. The summed E-state index contributed by atoms with van der Waals surface area (Å²) < 4.78 is 12.2. The van der Waals surface area contributed by atoms with Crippen LogP contribution in [0.3, 0.4) is 0 Å². The second-order valence-electron chi connectivity index (χ2n) is 4.61. The molecule has 0 aliphatic rings. The van der Waals surface area contributed by atoms with Crippen LogP contribution in [0.5, 0.6) is 0 Å². The minimum absolute atomic E-state index is 0.680. The van der Waals surface area contributed by atoms with Gasteiger partial charge in [0.2, 0.25) is 5.95 Å². The van der Waals surface area contributed by atoms with E-state index in [4.69, 9.17) is 9.47 Å². The molecule has 19 heavy (non-hydrogen) atoms. The van der Waals surface area contributed by atoms with Gasteiger partial charge < -0.3 is 24.3 Å². The topological polar surface area (TPSA) is 51.5 Å². The summed E-state index contributed by atoms with van der Waals surface area (Å²) in [6.07, 6.45) is 2.07. The van der Waals surface area contributed by atoms with Crippen molar-refractivity contribution >= 4 is 5.95 Å². The average molecular weight is 270 g/mol. The van der Waals surface area contributed by atoms with E-state index in [0.29, 0.717) is 6.61 Å². The van der Waals surface area contributed by atoms with E-state index < -0.39 is 0 Å². The van der Waals surface area contributed by atoms with Gasteiger partial charge in [-0.2, -0.15) is 0 Å². The number of likely N-dealkylation sites (N-methyl/N-ethyl adjacent to an activating group) is 1. The lowest BCUT2D eigenvalue weighted by Gasteiger charge is -2.17. The standard InChI is InChI=1S/C13H26N4O2/c1-12-11-17(7-6-16(2)8-10-19-4)13(15-12)14-5-9-18-3/h11H,5-10H2,1-4H3,(H,14,15). The zero-order valence-electron chi connectivity index (χ0n) is 12.5. The highest BCUT2D eigenvalue weighted by Gasteiger charge is 2.06. The van der Waals surface area contributed by atoms with Gasteiger partial charge >= 0.3 is 0 Å². The molecule has 0 aromatic carbocycles. The molecule has 0 amide bonds. The van der Waals surface area contributed by atoms with Crippen LogP contribution in [0.25, 0.3) is 0 Å². The van der Waals surface area contributed by atoms with Crippen LogP contribution in [0.2, 0.25) is 0 Å². The summed E-state index contributed by atoms with van der Waals surface area (Å²) in [5.41, 5.74) is 1.03. The molecule has 1 heterocycles. The molecule has 1 aromatic rings. The molecule has 6 nitrogen and oxygen atoms in total. The van der Waals surface area contributed by atoms with Crippen LogP contribution in [-0.4, -0.2) is 68.6 Å². The third kappa shape index (κ3) is 6.04. The highest BCUT2D eigenvalue weighted by Crippen LogP contribution is 2.08. The molecule has 1 aromatic heterocycles. The van der Waals surface area contributed by atoms with E-state index in [9.17, 15) is 0 Å². The van der Waals surface area contributed by atoms with Crippen molar-refractivity contribution in [2.24, 2.45) is 0 Å². The van der Waals surface area contributed by atoms with Crippen LogP contribution in [0.1, 0.15) is 5.69 Å². The summed E-state index contributed by atoms with van der Waals surface area (Å²) in [5, 5.41) is 3.29. The second kappa shape index (κ2) is 8.90. The number of hydrogen-bond acceptors (Lipinski definition) is 5. The van der Waals surface area contributed by atoms with Crippen LogP contribution in [0.4, 0.5) is 5.95 Å². The quantitative estimate of drug-likeness (QED) is 0.638. The lowest BCUT2D eigenvalue weighted by atomic mass is 10.5. The van der Waals surface area contributed by atoms with Gasteiger partial charge in [-0.15, -0.1) is 0 Å². The van der Waals surface area contributed by atoms with Gasteiger partial charge in [0.15, 0.2) is 0 Å². The van der Waals surface area contributed by atoms with Crippen LogP contribution >= 0.6 is 0 Å². The number of ether oxygens (including phenoxy) is 2. The Labute approximate surface area is 115 Å². The van der Waals surface area contributed by atoms with Crippen LogP contribution < -0.4 is 5.32 Å². The lowest BCUT2D eigenvalue weighted by molar-refractivity contribution is 0.159. The molecule has 0 spiro atoms. The fraction of sp³-hybridized carbons (Fsp3) is 0.769. The molecule has 6 heteroatoms. The molecule has 0 aliphatic heterocycles. The van der Waals surface area contributed by atoms with Crippen molar-refractivity contribution in [1.29, 1.82) is 0 Å². The zero-order valence-corrected chi connectivity index (χ0v) is 12.5. The van der Waals surface area contributed by atoms with E-state index in [1.54, 1.807) is 14.2 Å². The largest absolute Gasteiger partial charge is 0.383 e. The predicted octanol–water partition coefficient (Wildman–Crippen LogP) is 0.828. The Morgan fingerprint density at radius 2 is 2.00 bits per heavy atom. The zero-order chi connectivity index (χ0) is 14.1. The van der Waals surface area contributed by atoms with Crippen molar-refractivity contribution in [3.8, 4) is 0 Å². The molecular formula is C13H26N4O2. The molecule has 0 atom stereocenters. The van der Waals surface area contributed by atoms with E-state index in [0.717, 1.165) is 44.4 Å². The van der Waals surface area contributed by atoms with Gasteiger partial charge in [0.05, 0.1) is 18.9 Å². The summed E-state index contributed by atoms with van der Waals surface area (Å²) in [6, 6.07) is 0. The molecule has 0 bridgehead atoms. The first-order valence-corrected chi connectivity index (χ1v) is 6.61. The van der Waals surface area contributed by atoms with Gasteiger partial charge in [-0.25, -0.2) is 4.98 Å².